The standard InChI is InChI=1S/C19H32N2O2.ClH/c1-5-22-18-10-16(6-7-17(18)23-12-15(2)3)11-21-9-8-19(4,13-20)14-21;/h6-7,10,15H,5,8-9,11-14,20H2,1-4H3;1H. The van der Waals surface area contributed by atoms with E-state index in [2.05, 4.69) is 37.8 Å². The molecule has 1 unspecified atom stereocenters. The molecular formula is C19H33ClN2O2. The van der Waals surface area contributed by atoms with E-state index in [1.807, 2.05) is 13.0 Å². The second-order valence-corrected chi connectivity index (χ2v) is 7.39. The van der Waals surface area contributed by atoms with Gasteiger partial charge < -0.3 is 15.2 Å². The van der Waals surface area contributed by atoms with E-state index in [0.29, 0.717) is 19.1 Å². The first-order chi connectivity index (χ1) is 11.0. The molecule has 24 heavy (non-hydrogen) atoms. The summed E-state index contributed by atoms with van der Waals surface area (Å²) in [5, 5.41) is 0. The van der Waals surface area contributed by atoms with Crippen molar-refractivity contribution in [2.75, 3.05) is 32.8 Å². The van der Waals surface area contributed by atoms with Gasteiger partial charge in [0.15, 0.2) is 11.5 Å². The van der Waals surface area contributed by atoms with Crippen LogP contribution in [0, 0.1) is 11.3 Å². The molecule has 2 rings (SSSR count). The van der Waals surface area contributed by atoms with Crippen molar-refractivity contribution in [1.82, 2.24) is 4.90 Å². The van der Waals surface area contributed by atoms with Crippen molar-refractivity contribution >= 4 is 12.4 Å². The van der Waals surface area contributed by atoms with Crippen LogP contribution in [0.15, 0.2) is 18.2 Å². The van der Waals surface area contributed by atoms with Crippen molar-refractivity contribution in [2.45, 2.75) is 40.7 Å². The molecular weight excluding hydrogens is 324 g/mol. The van der Waals surface area contributed by atoms with Crippen molar-refractivity contribution in [3.8, 4) is 11.5 Å². The average molecular weight is 357 g/mol. The van der Waals surface area contributed by atoms with Crippen LogP contribution < -0.4 is 15.2 Å². The molecule has 0 saturated carbocycles. The van der Waals surface area contributed by atoms with Gasteiger partial charge in [0.25, 0.3) is 0 Å². The van der Waals surface area contributed by atoms with Crippen molar-refractivity contribution < 1.29 is 9.47 Å². The fraction of sp³-hybridized carbons (Fsp3) is 0.684. The van der Waals surface area contributed by atoms with Gasteiger partial charge in [-0.05, 0) is 55.5 Å². The molecule has 1 heterocycles. The van der Waals surface area contributed by atoms with E-state index < -0.39 is 0 Å². The minimum Gasteiger partial charge on any atom is -0.490 e. The molecule has 0 bridgehead atoms. The Morgan fingerprint density at radius 3 is 2.58 bits per heavy atom. The van der Waals surface area contributed by atoms with Crippen molar-refractivity contribution in [3.63, 3.8) is 0 Å². The summed E-state index contributed by atoms with van der Waals surface area (Å²) in [6, 6.07) is 6.31. The summed E-state index contributed by atoms with van der Waals surface area (Å²) < 4.78 is 11.6. The fourth-order valence-electron chi connectivity index (χ4n) is 2.98. The molecule has 1 aliphatic heterocycles. The van der Waals surface area contributed by atoms with Crippen LogP contribution in [0.5, 0.6) is 11.5 Å². The molecule has 0 radical (unpaired) electrons. The van der Waals surface area contributed by atoms with Crippen LogP contribution in [0.4, 0.5) is 0 Å². The lowest BCUT2D eigenvalue weighted by Gasteiger charge is -2.23. The number of nitrogens with two attached hydrogens (primary N) is 1. The van der Waals surface area contributed by atoms with Crippen LogP contribution in [-0.2, 0) is 6.54 Å². The highest BCUT2D eigenvalue weighted by atomic mass is 35.5. The highest BCUT2D eigenvalue weighted by Crippen LogP contribution is 2.32. The molecule has 0 amide bonds. The van der Waals surface area contributed by atoms with E-state index >= 15 is 0 Å². The number of nitrogens with zero attached hydrogens (tertiary/aromatic N) is 1. The van der Waals surface area contributed by atoms with E-state index in [-0.39, 0.29) is 17.8 Å². The largest absolute Gasteiger partial charge is 0.490 e. The number of halogens is 1. The molecule has 1 aromatic rings. The molecule has 0 aliphatic carbocycles. The number of benzene rings is 1. The maximum Gasteiger partial charge on any atom is 0.161 e. The Morgan fingerprint density at radius 2 is 2.00 bits per heavy atom. The van der Waals surface area contributed by atoms with E-state index in [4.69, 9.17) is 15.2 Å². The molecule has 0 spiro atoms. The Balaban J connectivity index is 0.00000288. The minimum absolute atomic E-state index is 0. The van der Waals surface area contributed by atoms with Crippen LogP contribution in [0.1, 0.15) is 39.7 Å². The Morgan fingerprint density at radius 1 is 1.25 bits per heavy atom. The van der Waals surface area contributed by atoms with Gasteiger partial charge in [0.1, 0.15) is 0 Å². The van der Waals surface area contributed by atoms with Gasteiger partial charge in [0.05, 0.1) is 13.2 Å². The van der Waals surface area contributed by atoms with Crippen LogP contribution in [0.25, 0.3) is 0 Å². The highest BCUT2D eigenvalue weighted by molar-refractivity contribution is 5.85. The first-order valence-corrected chi connectivity index (χ1v) is 8.76. The first-order valence-electron chi connectivity index (χ1n) is 8.76. The monoisotopic (exact) mass is 356 g/mol. The second-order valence-electron chi connectivity index (χ2n) is 7.39. The Bertz CT molecular complexity index is 510. The maximum absolute atomic E-state index is 5.90. The van der Waals surface area contributed by atoms with Crippen LogP contribution in [-0.4, -0.2) is 37.7 Å². The van der Waals surface area contributed by atoms with Crippen LogP contribution in [0.2, 0.25) is 0 Å². The third kappa shape index (κ3) is 5.83. The lowest BCUT2D eigenvalue weighted by molar-refractivity contribution is 0.246. The number of hydrogen-bond donors (Lipinski definition) is 1. The molecule has 1 atom stereocenters. The molecule has 4 nitrogen and oxygen atoms in total. The molecule has 5 heteroatoms. The molecule has 1 aliphatic rings. The van der Waals surface area contributed by atoms with Gasteiger partial charge >= 0.3 is 0 Å². The Kier molecular flexibility index (Phi) is 8.34. The summed E-state index contributed by atoms with van der Waals surface area (Å²) in [6.07, 6.45) is 1.18. The van der Waals surface area contributed by atoms with Crippen LogP contribution >= 0.6 is 12.4 Å². The van der Waals surface area contributed by atoms with Gasteiger partial charge in [0, 0.05) is 13.1 Å². The maximum atomic E-state index is 5.90. The summed E-state index contributed by atoms with van der Waals surface area (Å²) in [4.78, 5) is 2.48. The topological polar surface area (TPSA) is 47.7 Å². The van der Waals surface area contributed by atoms with E-state index in [0.717, 1.165) is 37.7 Å². The fourth-order valence-corrected chi connectivity index (χ4v) is 2.98. The van der Waals surface area contributed by atoms with E-state index in [1.165, 1.54) is 12.0 Å². The molecule has 1 fully saturated rings. The van der Waals surface area contributed by atoms with E-state index in [1.54, 1.807) is 0 Å². The third-order valence-corrected chi connectivity index (χ3v) is 4.42. The van der Waals surface area contributed by atoms with Crippen LogP contribution in [0.3, 0.4) is 0 Å². The predicted octanol–water partition coefficient (Wildman–Crippen LogP) is 3.71. The summed E-state index contributed by atoms with van der Waals surface area (Å²) in [5.41, 5.74) is 7.44. The van der Waals surface area contributed by atoms with Gasteiger partial charge in [0.2, 0.25) is 0 Å². The summed E-state index contributed by atoms with van der Waals surface area (Å²) in [5.74, 6) is 2.20. The highest BCUT2D eigenvalue weighted by Gasteiger charge is 2.32. The zero-order valence-electron chi connectivity index (χ0n) is 15.5. The van der Waals surface area contributed by atoms with Gasteiger partial charge in [-0.25, -0.2) is 0 Å². The van der Waals surface area contributed by atoms with Gasteiger partial charge in [-0.1, -0.05) is 26.8 Å². The summed E-state index contributed by atoms with van der Waals surface area (Å²) >= 11 is 0. The summed E-state index contributed by atoms with van der Waals surface area (Å²) in [7, 11) is 0. The van der Waals surface area contributed by atoms with Crippen molar-refractivity contribution in [1.29, 1.82) is 0 Å². The molecule has 1 aromatic carbocycles. The van der Waals surface area contributed by atoms with Gasteiger partial charge in [-0.2, -0.15) is 0 Å². The minimum atomic E-state index is 0. The zero-order chi connectivity index (χ0) is 16.9. The lowest BCUT2D eigenvalue weighted by atomic mass is 9.90. The molecule has 138 valence electrons. The third-order valence-electron chi connectivity index (χ3n) is 4.42. The lowest BCUT2D eigenvalue weighted by Crippen LogP contribution is -2.31. The quantitative estimate of drug-likeness (QED) is 0.771. The molecule has 0 aromatic heterocycles. The van der Waals surface area contributed by atoms with Crippen molar-refractivity contribution in [2.24, 2.45) is 17.1 Å². The first kappa shape index (κ1) is 21.1. The van der Waals surface area contributed by atoms with Crippen molar-refractivity contribution in [3.05, 3.63) is 23.8 Å². The Labute approximate surface area is 153 Å². The predicted molar refractivity (Wildman–Crippen MR) is 102 cm³/mol. The SMILES string of the molecule is CCOc1cc(CN2CCC(C)(CN)C2)ccc1OCC(C)C.Cl. The second kappa shape index (κ2) is 9.50. The van der Waals surface area contributed by atoms with Gasteiger partial charge in [-0.15, -0.1) is 12.4 Å². The van der Waals surface area contributed by atoms with Gasteiger partial charge in [-0.3, -0.25) is 4.90 Å². The Hall–Kier alpha value is -0.970. The zero-order valence-corrected chi connectivity index (χ0v) is 16.3. The normalized spacial score (nSPS) is 20.9. The molecule has 1 saturated heterocycles. The smallest absolute Gasteiger partial charge is 0.161 e. The number of hydrogen-bond acceptors (Lipinski definition) is 4. The number of rotatable bonds is 8. The summed E-state index contributed by atoms with van der Waals surface area (Å²) in [6.45, 7) is 13.8. The van der Waals surface area contributed by atoms with E-state index in [9.17, 15) is 0 Å². The average Bonchev–Trinajstić information content (AvgIpc) is 2.88. The number of likely N-dealkylation sites (tertiary alicyclic amines) is 1. The molecule has 2 N–H and O–H groups in total. The number of ether oxygens (including phenoxy) is 2.